The molecular weight excluding hydrogens is 228 g/mol. The zero-order valence-electron chi connectivity index (χ0n) is 10.5. The minimum absolute atomic E-state index is 0.403. The lowest BCUT2D eigenvalue weighted by Crippen LogP contribution is -2.18. The summed E-state index contributed by atoms with van der Waals surface area (Å²) in [5, 5.41) is 11.3. The standard InChI is InChI=1S/C14H16N2O2/c1-11-14(18-2)13(8-9-15-11)16(17)10-12-6-4-3-5-7-12/h3-9,17H,10H2,1-2H3. The summed E-state index contributed by atoms with van der Waals surface area (Å²) in [4.78, 5) is 4.14. The number of hydroxylamine groups is 1. The predicted octanol–water partition coefficient (Wildman–Crippen LogP) is 2.79. The molecule has 0 saturated heterocycles. The fourth-order valence-electron chi connectivity index (χ4n) is 1.84. The zero-order valence-corrected chi connectivity index (χ0v) is 10.5. The van der Waals surface area contributed by atoms with Crippen LogP contribution in [0.5, 0.6) is 5.75 Å². The van der Waals surface area contributed by atoms with Gasteiger partial charge in [0.2, 0.25) is 0 Å². The molecule has 2 rings (SSSR count). The van der Waals surface area contributed by atoms with E-state index in [1.807, 2.05) is 37.3 Å². The SMILES string of the molecule is COc1c(N(O)Cc2ccccc2)ccnc1C. The van der Waals surface area contributed by atoms with Crippen molar-refractivity contribution in [3.63, 3.8) is 0 Å². The van der Waals surface area contributed by atoms with E-state index in [2.05, 4.69) is 4.98 Å². The van der Waals surface area contributed by atoms with Gasteiger partial charge < -0.3 is 4.74 Å². The number of aryl methyl sites for hydroxylation is 1. The molecule has 18 heavy (non-hydrogen) atoms. The van der Waals surface area contributed by atoms with Gasteiger partial charge in [-0.2, -0.15) is 0 Å². The summed E-state index contributed by atoms with van der Waals surface area (Å²) in [5.74, 6) is 0.593. The number of ether oxygens (including phenoxy) is 1. The van der Waals surface area contributed by atoms with E-state index in [9.17, 15) is 5.21 Å². The van der Waals surface area contributed by atoms with Crippen molar-refractivity contribution in [3.05, 3.63) is 53.9 Å². The highest BCUT2D eigenvalue weighted by Gasteiger charge is 2.12. The van der Waals surface area contributed by atoms with E-state index in [1.165, 1.54) is 5.06 Å². The highest BCUT2D eigenvalue weighted by Crippen LogP contribution is 2.29. The summed E-state index contributed by atoms with van der Waals surface area (Å²) in [6, 6.07) is 11.5. The number of pyridine rings is 1. The Morgan fingerprint density at radius 1 is 1.22 bits per heavy atom. The number of methoxy groups -OCH3 is 1. The highest BCUT2D eigenvalue weighted by molar-refractivity contribution is 5.58. The van der Waals surface area contributed by atoms with Crippen LogP contribution in [-0.4, -0.2) is 17.3 Å². The van der Waals surface area contributed by atoms with Crippen molar-refractivity contribution in [2.24, 2.45) is 0 Å². The van der Waals surface area contributed by atoms with Gasteiger partial charge in [-0.05, 0) is 18.6 Å². The number of hydrogen-bond acceptors (Lipinski definition) is 4. The number of rotatable bonds is 4. The van der Waals surface area contributed by atoms with E-state index in [4.69, 9.17) is 4.74 Å². The lowest BCUT2D eigenvalue weighted by Gasteiger charge is -2.20. The fraction of sp³-hybridized carbons (Fsp3) is 0.214. The number of nitrogens with zero attached hydrogens (tertiary/aromatic N) is 2. The molecule has 0 aliphatic carbocycles. The molecule has 4 heteroatoms. The van der Waals surface area contributed by atoms with Crippen molar-refractivity contribution in [1.82, 2.24) is 4.98 Å². The normalized spacial score (nSPS) is 10.2. The molecule has 4 nitrogen and oxygen atoms in total. The molecule has 2 aromatic rings. The molecule has 0 atom stereocenters. The maximum Gasteiger partial charge on any atom is 0.165 e. The van der Waals surface area contributed by atoms with Gasteiger partial charge in [0, 0.05) is 6.20 Å². The van der Waals surface area contributed by atoms with Gasteiger partial charge in [0.15, 0.2) is 5.75 Å². The molecule has 1 aromatic heterocycles. The van der Waals surface area contributed by atoms with Crippen LogP contribution in [0.3, 0.4) is 0 Å². The van der Waals surface area contributed by atoms with Gasteiger partial charge in [0.05, 0.1) is 19.3 Å². The minimum atomic E-state index is 0.403. The average Bonchev–Trinajstić information content (AvgIpc) is 2.39. The van der Waals surface area contributed by atoms with Crippen molar-refractivity contribution >= 4 is 5.69 Å². The Kier molecular flexibility index (Phi) is 3.79. The summed E-state index contributed by atoms with van der Waals surface area (Å²) in [7, 11) is 1.57. The summed E-state index contributed by atoms with van der Waals surface area (Å²) in [6.45, 7) is 2.25. The van der Waals surface area contributed by atoms with Crippen molar-refractivity contribution in [3.8, 4) is 5.75 Å². The first-order valence-corrected chi connectivity index (χ1v) is 5.72. The Morgan fingerprint density at radius 3 is 2.61 bits per heavy atom. The molecule has 1 aromatic carbocycles. The maximum absolute atomic E-state index is 10.1. The average molecular weight is 244 g/mol. The first kappa shape index (κ1) is 12.4. The predicted molar refractivity (Wildman–Crippen MR) is 69.9 cm³/mol. The van der Waals surface area contributed by atoms with E-state index in [0.717, 1.165) is 11.3 Å². The third kappa shape index (κ3) is 2.60. The van der Waals surface area contributed by atoms with Gasteiger partial charge in [-0.15, -0.1) is 0 Å². The van der Waals surface area contributed by atoms with Crippen LogP contribution in [-0.2, 0) is 6.54 Å². The molecule has 0 aliphatic rings. The fourth-order valence-corrected chi connectivity index (χ4v) is 1.84. The van der Waals surface area contributed by atoms with Crippen LogP contribution in [0.1, 0.15) is 11.3 Å². The van der Waals surface area contributed by atoms with Gasteiger partial charge in [-0.3, -0.25) is 10.2 Å². The second-order valence-electron chi connectivity index (χ2n) is 3.99. The van der Waals surface area contributed by atoms with E-state index < -0.39 is 0 Å². The van der Waals surface area contributed by atoms with Crippen molar-refractivity contribution < 1.29 is 9.94 Å². The molecule has 1 N–H and O–H groups in total. The van der Waals surface area contributed by atoms with Crippen LogP contribution < -0.4 is 9.80 Å². The topological polar surface area (TPSA) is 45.6 Å². The second kappa shape index (κ2) is 5.51. The molecule has 0 bridgehead atoms. The molecule has 0 radical (unpaired) electrons. The quantitative estimate of drug-likeness (QED) is 0.840. The Bertz CT molecular complexity index is 514. The van der Waals surface area contributed by atoms with Crippen LogP contribution in [0.15, 0.2) is 42.6 Å². The monoisotopic (exact) mass is 244 g/mol. The van der Waals surface area contributed by atoms with E-state index in [1.54, 1.807) is 19.4 Å². The number of benzene rings is 1. The first-order valence-electron chi connectivity index (χ1n) is 5.72. The number of anilines is 1. The Labute approximate surface area is 106 Å². The highest BCUT2D eigenvalue weighted by atomic mass is 16.5. The minimum Gasteiger partial charge on any atom is -0.493 e. The number of aromatic nitrogens is 1. The molecule has 0 spiro atoms. The van der Waals surface area contributed by atoms with E-state index in [0.29, 0.717) is 18.0 Å². The van der Waals surface area contributed by atoms with Crippen molar-refractivity contribution in [2.45, 2.75) is 13.5 Å². The summed E-state index contributed by atoms with van der Waals surface area (Å²) in [6.07, 6.45) is 1.65. The Hall–Kier alpha value is -2.07. The van der Waals surface area contributed by atoms with Crippen LogP contribution in [0.2, 0.25) is 0 Å². The molecule has 0 fully saturated rings. The maximum atomic E-state index is 10.1. The van der Waals surface area contributed by atoms with Crippen LogP contribution in [0, 0.1) is 6.92 Å². The van der Waals surface area contributed by atoms with Gasteiger partial charge in [-0.1, -0.05) is 30.3 Å². The van der Waals surface area contributed by atoms with Crippen LogP contribution >= 0.6 is 0 Å². The van der Waals surface area contributed by atoms with E-state index >= 15 is 0 Å². The summed E-state index contributed by atoms with van der Waals surface area (Å²) >= 11 is 0. The van der Waals surface area contributed by atoms with Crippen LogP contribution in [0.4, 0.5) is 5.69 Å². The smallest absolute Gasteiger partial charge is 0.165 e. The largest absolute Gasteiger partial charge is 0.493 e. The third-order valence-corrected chi connectivity index (χ3v) is 2.72. The Morgan fingerprint density at radius 2 is 1.94 bits per heavy atom. The molecule has 0 saturated carbocycles. The second-order valence-corrected chi connectivity index (χ2v) is 3.99. The van der Waals surface area contributed by atoms with E-state index in [-0.39, 0.29) is 0 Å². The van der Waals surface area contributed by atoms with Gasteiger partial charge in [0.25, 0.3) is 0 Å². The molecule has 0 unspecified atom stereocenters. The van der Waals surface area contributed by atoms with Gasteiger partial charge >= 0.3 is 0 Å². The molecule has 94 valence electrons. The molecule has 0 aliphatic heterocycles. The summed E-state index contributed by atoms with van der Waals surface area (Å²) < 4.78 is 5.27. The molecule has 0 amide bonds. The van der Waals surface area contributed by atoms with Crippen molar-refractivity contribution in [1.29, 1.82) is 0 Å². The van der Waals surface area contributed by atoms with Crippen LogP contribution in [0.25, 0.3) is 0 Å². The van der Waals surface area contributed by atoms with Crippen molar-refractivity contribution in [2.75, 3.05) is 12.2 Å². The Balaban J connectivity index is 2.24. The third-order valence-electron chi connectivity index (χ3n) is 2.72. The molecule has 1 heterocycles. The van der Waals surface area contributed by atoms with Gasteiger partial charge in [-0.25, -0.2) is 5.06 Å². The lowest BCUT2D eigenvalue weighted by atomic mass is 10.2. The van der Waals surface area contributed by atoms with Gasteiger partial charge in [0.1, 0.15) is 5.69 Å². The molecular formula is C14H16N2O2. The first-order chi connectivity index (χ1) is 8.72. The zero-order chi connectivity index (χ0) is 13.0. The number of hydrogen-bond donors (Lipinski definition) is 1. The lowest BCUT2D eigenvalue weighted by molar-refractivity contribution is 0.245. The summed E-state index contributed by atoms with van der Waals surface area (Å²) in [5.41, 5.74) is 2.40.